The Morgan fingerprint density at radius 3 is 2.67 bits per heavy atom. The van der Waals surface area contributed by atoms with Gasteiger partial charge in [0.1, 0.15) is 0 Å². The van der Waals surface area contributed by atoms with Crippen LogP contribution in [0.25, 0.3) is 0 Å². The first-order chi connectivity index (χ1) is 8.65. The molecule has 1 aromatic heterocycles. The molecule has 1 fully saturated rings. The van der Waals surface area contributed by atoms with Gasteiger partial charge in [-0.25, -0.2) is 0 Å². The number of hydrogen-bond acceptors (Lipinski definition) is 2. The van der Waals surface area contributed by atoms with Crippen LogP contribution >= 0.6 is 0 Å². The lowest BCUT2D eigenvalue weighted by Crippen LogP contribution is -2.25. The first kappa shape index (κ1) is 13.6. The maximum Gasteiger partial charge on any atom is 0.0627 e. The van der Waals surface area contributed by atoms with Gasteiger partial charge in [-0.1, -0.05) is 20.8 Å². The summed E-state index contributed by atoms with van der Waals surface area (Å²) in [6.45, 7) is 6.75. The lowest BCUT2D eigenvalue weighted by Gasteiger charge is -2.17. The summed E-state index contributed by atoms with van der Waals surface area (Å²) in [6.07, 6.45) is 8.00. The summed E-state index contributed by atoms with van der Waals surface area (Å²) >= 11 is 0. The molecule has 102 valence electrons. The van der Waals surface area contributed by atoms with Crippen LogP contribution in [0.2, 0.25) is 0 Å². The van der Waals surface area contributed by atoms with E-state index in [1.165, 1.54) is 18.5 Å². The minimum atomic E-state index is 0.399. The molecule has 18 heavy (non-hydrogen) atoms. The van der Waals surface area contributed by atoms with E-state index in [0.29, 0.717) is 18.0 Å². The van der Waals surface area contributed by atoms with E-state index in [1.807, 2.05) is 0 Å². The zero-order chi connectivity index (χ0) is 13.1. The van der Waals surface area contributed by atoms with E-state index in [9.17, 15) is 0 Å². The van der Waals surface area contributed by atoms with Crippen molar-refractivity contribution < 1.29 is 0 Å². The second-order valence-corrected chi connectivity index (χ2v) is 5.82. The monoisotopic (exact) mass is 249 g/mol. The van der Waals surface area contributed by atoms with Crippen molar-refractivity contribution in [1.82, 2.24) is 9.78 Å². The van der Waals surface area contributed by atoms with Gasteiger partial charge in [0, 0.05) is 12.2 Å². The molecule has 1 heterocycles. The average Bonchev–Trinajstić information content (AvgIpc) is 2.94. The Balaban J connectivity index is 1.98. The molecular weight excluding hydrogens is 222 g/mol. The molecule has 0 amide bonds. The fraction of sp³-hybridized carbons (Fsp3) is 0.800. The van der Waals surface area contributed by atoms with Gasteiger partial charge in [0.15, 0.2) is 0 Å². The van der Waals surface area contributed by atoms with Crippen molar-refractivity contribution in [2.24, 2.45) is 17.6 Å². The van der Waals surface area contributed by atoms with E-state index < -0.39 is 0 Å². The van der Waals surface area contributed by atoms with Gasteiger partial charge in [-0.2, -0.15) is 5.10 Å². The van der Waals surface area contributed by atoms with E-state index in [0.717, 1.165) is 25.2 Å². The summed E-state index contributed by atoms with van der Waals surface area (Å²) in [5.41, 5.74) is 7.34. The molecule has 0 aromatic carbocycles. The van der Waals surface area contributed by atoms with Crippen LogP contribution in [0, 0.1) is 11.8 Å². The largest absolute Gasteiger partial charge is 0.327 e. The molecule has 0 saturated heterocycles. The number of nitrogens with two attached hydrogens (primary N) is 1. The molecule has 0 spiro atoms. The van der Waals surface area contributed by atoms with E-state index in [2.05, 4.69) is 37.7 Å². The van der Waals surface area contributed by atoms with Gasteiger partial charge in [-0.3, -0.25) is 4.68 Å². The third kappa shape index (κ3) is 2.77. The maximum absolute atomic E-state index is 6.09. The lowest BCUT2D eigenvalue weighted by molar-refractivity contribution is 0.380. The maximum atomic E-state index is 6.09. The smallest absolute Gasteiger partial charge is 0.0627 e. The second kappa shape index (κ2) is 5.87. The third-order valence-corrected chi connectivity index (χ3v) is 4.74. The quantitative estimate of drug-likeness (QED) is 0.871. The summed E-state index contributed by atoms with van der Waals surface area (Å²) in [6, 6.07) is 3.15. The van der Waals surface area contributed by atoms with E-state index in [-0.39, 0.29) is 0 Å². The van der Waals surface area contributed by atoms with Gasteiger partial charge >= 0.3 is 0 Å². The van der Waals surface area contributed by atoms with Crippen molar-refractivity contribution in [2.75, 3.05) is 0 Å². The zero-order valence-corrected chi connectivity index (χ0v) is 12.0. The molecule has 1 saturated carbocycles. The van der Waals surface area contributed by atoms with Gasteiger partial charge in [-0.05, 0) is 50.0 Å². The van der Waals surface area contributed by atoms with E-state index >= 15 is 0 Å². The highest BCUT2D eigenvalue weighted by Crippen LogP contribution is 2.32. The Bertz CT molecular complexity index is 368. The first-order valence-corrected chi connectivity index (χ1v) is 7.45. The highest BCUT2D eigenvalue weighted by molar-refractivity contribution is 5.03. The Hall–Kier alpha value is -0.830. The lowest BCUT2D eigenvalue weighted by atomic mass is 9.92. The summed E-state index contributed by atoms with van der Waals surface area (Å²) in [4.78, 5) is 0. The second-order valence-electron chi connectivity index (χ2n) is 5.82. The Morgan fingerprint density at radius 2 is 2.11 bits per heavy atom. The van der Waals surface area contributed by atoms with Crippen molar-refractivity contribution in [3.05, 3.63) is 18.0 Å². The predicted molar refractivity (Wildman–Crippen MR) is 75.4 cm³/mol. The van der Waals surface area contributed by atoms with Crippen LogP contribution in [0.15, 0.2) is 12.3 Å². The standard InChI is InChI=1S/C15H27N3/c1-4-14(5-2)18-9-8-13(17-18)10-12-6-7-15(16)11(12)3/h8-9,11-12,14-15H,4-7,10,16H2,1-3H3. The molecule has 1 aromatic rings. The normalized spacial score (nSPS) is 28.2. The van der Waals surface area contributed by atoms with Crippen LogP contribution in [0.3, 0.4) is 0 Å². The predicted octanol–water partition coefficient (Wildman–Crippen LogP) is 3.16. The molecule has 2 rings (SSSR count). The summed E-state index contributed by atoms with van der Waals surface area (Å²) in [5, 5.41) is 4.75. The summed E-state index contributed by atoms with van der Waals surface area (Å²) < 4.78 is 2.15. The fourth-order valence-electron chi connectivity index (χ4n) is 3.19. The SMILES string of the molecule is CCC(CC)n1ccc(CC2CCC(N)C2C)n1. The van der Waals surface area contributed by atoms with Gasteiger partial charge in [0.25, 0.3) is 0 Å². The number of nitrogens with zero attached hydrogens (tertiary/aromatic N) is 2. The van der Waals surface area contributed by atoms with E-state index in [1.54, 1.807) is 0 Å². The number of hydrogen-bond donors (Lipinski definition) is 1. The molecule has 1 aliphatic carbocycles. The average molecular weight is 249 g/mol. The molecule has 3 unspecified atom stereocenters. The van der Waals surface area contributed by atoms with Crippen LogP contribution in [-0.4, -0.2) is 15.8 Å². The van der Waals surface area contributed by atoms with Crippen LogP contribution in [0.5, 0.6) is 0 Å². The molecule has 3 heteroatoms. The topological polar surface area (TPSA) is 43.8 Å². The van der Waals surface area contributed by atoms with E-state index in [4.69, 9.17) is 10.8 Å². The Morgan fingerprint density at radius 1 is 1.39 bits per heavy atom. The minimum Gasteiger partial charge on any atom is -0.327 e. The van der Waals surface area contributed by atoms with Crippen molar-refractivity contribution in [3.63, 3.8) is 0 Å². The van der Waals surface area contributed by atoms with Crippen molar-refractivity contribution in [1.29, 1.82) is 0 Å². The molecule has 0 bridgehead atoms. The molecule has 2 N–H and O–H groups in total. The van der Waals surface area contributed by atoms with Crippen LogP contribution < -0.4 is 5.73 Å². The zero-order valence-electron chi connectivity index (χ0n) is 12.0. The summed E-state index contributed by atoms with van der Waals surface area (Å²) in [7, 11) is 0. The molecule has 0 aliphatic heterocycles. The number of aromatic nitrogens is 2. The van der Waals surface area contributed by atoms with Crippen molar-refractivity contribution in [2.45, 2.75) is 65.0 Å². The van der Waals surface area contributed by atoms with Gasteiger partial charge < -0.3 is 5.73 Å². The van der Waals surface area contributed by atoms with Gasteiger partial charge in [0.2, 0.25) is 0 Å². The Labute approximate surface area is 111 Å². The highest BCUT2D eigenvalue weighted by Gasteiger charge is 2.30. The first-order valence-electron chi connectivity index (χ1n) is 7.45. The molecular formula is C15H27N3. The molecule has 0 radical (unpaired) electrons. The highest BCUT2D eigenvalue weighted by atomic mass is 15.3. The van der Waals surface area contributed by atoms with Crippen molar-refractivity contribution >= 4 is 0 Å². The Kier molecular flexibility index (Phi) is 4.44. The fourth-order valence-corrected chi connectivity index (χ4v) is 3.19. The third-order valence-electron chi connectivity index (χ3n) is 4.74. The van der Waals surface area contributed by atoms with Crippen LogP contribution in [-0.2, 0) is 6.42 Å². The molecule has 1 aliphatic rings. The van der Waals surface area contributed by atoms with Gasteiger partial charge in [-0.15, -0.1) is 0 Å². The van der Waals surface area contributed by atoms with Crippen molar-refractivity contribution in [3.8, 4) is 0 Å². The molecule has 3 nitrogen and oxygen atoms in total. The van der Waals surface area contributed by atoms with Crippen LogP contribution in [0.1, 0.15) is 58.2 Å². The minimum absolute atomic E-state index is 0.399. The number of rotatable bonds is 5. The van der Waals surface area contributed by atoms with Crippen LogP contribution in [0.4, 0.5) is 0 Å². The van der Waals surface area contributed by atoms with Gasteiger partial charge in [0.05, 0.1) is 11.7 Å². The summed E-state index contributed by atoms with van der Waals surface area (Å²) in [5.74, 6) is 1.37. The molecule has 3 atom stereocenters.